The summed E-state index contributed by atoms with van der Waals surface area (Å²) in [7, 11) is 1.12. The maximum absolute atomic E-state index is 11.2. The summed E-state index contributed by atoms with van der Waals surface area (Å²) in [5, 5.41) is 110. The van der Waals surface area contributed by atoms with Gasteiger partial charge in [-0.1, -0.05) is 14.4 Å². The van der Waals surface area contributed by atoms with E-state index in [9.17, 15) is 55.2 Å². The average molecular weight is 738 g/mol. The molecule has 22 nitrogen and oxygen atoms in total. The van der Waals surface area contributed by atoms with Crippen LogP contribution >= 0.6 is 0 Å². The first-order valence-corrected chi connectivity index (χ1v) is 15.3. The number of carbonyl (C=O) groups is 3. The second-order valence-electron chi connectivity index (χ2n) is 11.0. The molecule has 14 N–H and O–H groups in total. The molecule has 3 saturated heterocycles. The molecule has 22 heteroatoms. The lowest BCUT2D eigenvalue weighted by atomic mass is 9.94. The topological polar surface area (TPSA) is 356 Å². The molecule has 0 spiro atoms. The van der Waals surface area contributed by atoms with Gasteiger partial charge in [0, 0.05) is 6.42 Å². The molecule has 3 rings (SSSR count). The van der Waals surface area contributed by atoms with Crippen molar-refractivity contribution in [1.82, 2.24) is 16.0 Å². The lowest BCUT2D eigenvalue weighted by molar-refractivity contribution is -0.253. The standard InChI is InChI=1S/C10H19NO6.C9H17NO6.C8H15NO7.CH4/c1-3-16-10(15)11-7-5(2)17-6(4-12)8(13)9(7)14;1-2-5(12)10-6-8(14)7(13)4(3-11)16-9(6)15;1-15-8(14)9-4-6(12)5(11)3(2-10)16-7(4)13;/h5-9,12-14H,3-4H2,1-2H3,(H,11,15);4,6-9,11,13-15H,2-3H2,1H3,(H,10,12);3-7,10-13H,2H2,1H3,(H,9,14);1H4/t5?,6?,7?,8-,9-;4?,6?,7-,8-,9?;3?,4?,5-,6-,7?;/m111./s1. The molecule has 0 saturated carbocycles. The zero-order chi connectivity index (χ0) is 37.6. The minimum atomic E-state index is -1.53. The van der Waals surface area contributed by atoms with Gasteiger partial charge in [-0.25, -0.2) is 9.59 Å². The van der Waals surface area contributed by atoms with Crippen LogP contribution in [0.25, 0.3) is 0 Å². The van der Waals surface area contributed by atoms with Crippen LogP contribution in [0.2, 0.25) is 0 Å². The Bertz CT molecular complexity index is 950. The first-order chi connectivity index (χ1) is 23.0. The van der Waals surface area contributed by atoms with Crippen molar-refractivity contribution in [2.24, 2.45) is 0 Å². The van der Waals surface area contributed by atoms with Crippen molar-refractivity contribution >= 4 is 18.1 Å². The van der Waals surface area contributed by atoms with Crippen LogP contribution in [0, 0.1) is 0 Å². The van der Waals surface area contributed by atoms with Gasteiger partial charge in [0.15, 0.2) is 12.6 Å². The van der Waals surface area contributed by atoms with E-state index >= 15 is 0 Å². The summed E-state index contributed by atoms with van der Waals surface area (Å²) in [5.41, 5.74) is 0. The maximum atomic E-state index is 11.2. The molecule has 0 aromatic rings. The molecule has 3 fully saturated rings. The molecule has 0 radical (unpaired) electrons. The summed E-state index contributed by atoms with van der Waals surface area (Å²) < 4.78 is 23.9. The minimum Gasteiger partial charge on any atom is -0.453 e. The van der Waals surface area contributed by atoms with E-state index in [4.69, 9.17) is 29.5 Å². The Labute approximate surface area is 288 Å². The number of hydrogen-bond acceptors (Lipinski definition) is 19. The molecule has 3 amide bonds. The molecule has 15 atom stereocenters. The molecule has 9 unspecified atom stereocenters. The number of carbonyl (C=O) groups excluding carboxylic acids is 3. The summed E-state index contributed by atoms with van der Waals surface area (Å²) >= 11 is 0. The van der Waals surface area contributed by atoms with Gasteiger partial charge in [0.05, 0.1) is 45.7 Å². The first-order valence-electron chi connectivity index (χ1n) is 15.3. The third kappa shape index (κ3) is 13.2. The van der Waals surface area contributed by atoms with Gasteiger partial charge < -0.3 is 95.8 Å². The summed E-state index contributed by atoms with van der Waals surface area (Å²) in [4.78, 5) is 33.2. The predicted octanol–water partition coefficient (Wildman–Crippen LogP) is -6.31. The average Bonchev–Trinajstić information content (AvgIpc) is 3.08. The number of aliphatic hydroxyl groups is 11. The first kappa shape index (κ1) is 47.4. The van der Waals surface area contributed by atoms with E-state index in [0.29, 0.717) is 0 Å². The highest BCUT2D eigenvalue weighted by atomic mass is 16.6. The van der Waals surface area contributed by atoms with Crippen LogP contribution in [0.15, 0.2) is 0 Å². The Morgan fingerprint density at radius 2 is 0.980 bits per heavy atom. The van der Waals surface area contributed by atoms with Gasteiger partial charge in [0.1, 0.15) is 67.0 Å². The van der Waals surface area contributed by atoms with Crippen molar-refractivity contribution in [2.75, 3.05) is 33.5 Å². The number of aliphatic hydroxyl groups excluding tert-OH is 11. The fraction of sp³-hybridized carbons (Fsp3) is 0.893. The van der Waals surface area contributed by atoms with Crippen LogP contribution in [-0.2, 0) is 28.5 Å². The highest BCUT2D eigenvalue weighted by Gasteiger charge is 2.46. The fourth-order valence-corrected chi connectivity index (χ4v) is 4.80. The van der Waals surface area contributed by atoms with Crippen molar-refractivity contribution in [3.8, 4) is 0 Å². The van der Waals surface area contributed by atoms with Crippen molar-refractivity contribution in [3.05, 3.63) is 0 Å². The predicted molar refractivity (Wildman–Crippen MR) is 166 cm³/mol. The van der Waals surface area contributed by atoms with Crippen LogP contribution in [-0.4, -0.2) is 200 Å². The van der Waals surface area contributed by atoms with E-state index in [1.165, 1.54) is 0 Å². The minimum absolute atomic E-state index is 0. The van der Waals surface area contributed by atoms with Crippen LogP contribution in [0.4, 0.5) is 9.59 Å². The largest absolute Gasteiger partial charge is 0.453 e. The third-order valence-electron chi connectivity index (χ3n) is 7.65. The summed E-state index contributed by atoms with van der Waals surface area (Å²) in [6.07, 6.45) is -15.9. The van der Waals surface area contributed by atoms with Crippen LogP contribution in [0.3, 0.4) is 0 Å². The molecule has 3 heterocycles. The number of hydrogen-bond donors (Lipinski definition) is 14. The zero-order valence-electron chi connectivity index (χ0n) is 27.4. The van der Waals surface area contributed by atoms with Crippen molar-refractivity contribution < 1.29 is 94.2 Å². The van der Waals surface area contributed by atoms with Gasteiger partial charge in [0.2, 0.25) is 5.91 Å². The number of amides is 3. The van der Waals surface area contributed by atoms with E-state index in [1.807, 2.05) is 0 Å². The van der Waals surface area contributed by atoms with Crippen molar-refractivity contribution in [1.29, 1.82) is 0 Å². The lowest BCUT2D eigenvalue weighted by Crippen LogP contribution is -2.64. The van der Waals surface area contributed by atoms with Gasteiger partial charge in [-0.15, -0.1) is 0 Å². The van der Waals surface area contributed by atoms with Crippen LogP contribution in [0.5, 0.6) is 0 Å². The summed E-state index contributed by atoms with van der Waals surface area (Å²) in [6.45, 7) is 3.65. The molecule has 296 valence electrons. The van der Waals surface area contributed by atoms with Gasteiger partial charge in [-0.3, -0.25) is 4.79 Å². The monoisotopic (exact) mass is 737 g/mol. The Morgan fingerprint density at radius 3 is 1.36 bits per heavy atom. The Kier molecular flexibility index (Phi) is 21.9. The molecule has 50 heavy (non-hydrogen) atoms. The molecule has 0 bridgehead atoms. The third-order valence-corrected chi connectivity index (χ3v) is 7.65. The highest BCUT2D eigenvalue weighted by Crippen LogP contribution is 2.22. The van der Waals surface area contributed by atoms with Gasteiger partial charge >= 0.3 is 12.2 Å². The molecule has 3 aliphatic rings. The van der Waals surface area contributed by atoms with Gasteiger partial charge in [-0.2, -0.15) is 0 Å². The lowest BCUT2D eigenvalue weighted by Gasteiger charge is -2.41. The molecule has 0 aromatic heterocycles. The molecule has 0 aromatic carbocycles. The zero-order valence-corrected chi connectivity index (χ0v) is 27.4. The van der Waals surface area contributed by atoms with Gasteiger partial charge in [-0.05, 0) is 13.8 Å². The number of ether oxygens (including phenoxy) is 5. The summed E-state index contributed by atoms with van der Waals surface area (Å²) in [6, 6.07) is -3.08. The van der Waals surface area contributed by atoms with E-state index in [1.54, 1.807) is 20.8 Å². The SMILES string of the molecule is C.CCC(=O)NC1C(O)OC(CO)[C@@H](O)[C@@H]1O.CCOC(=O)NC1C(C)OC(CO)[C@@H](O)[C@@H]1O.COC(=O)NC1C(O)OC(CO)[C@@H](O)[C@@H]1O. The highest BCUT2D eigenvalue weighted by molar-refractivity contribution is 5.76. The number of alkyl carbamates (subject to hydrolysis) is 2. The van der Waals surface area contributed by atoms with Crippen LogP contribution < -0.4 is 16.0 Å². The number of rotatable bonds is 8. The normalized spacial score (nSPS) is 37.9. The van der Waals surface area contributed by atoms with E-state index < -0.39 is 124 Å². The molecular formula is C28H55N3O19. The number of nitrogens with one attached hydrogen (secondary N) is 3. The second kappa shape index (κ2) is 23.1. The quantitative estimate of drug-likeness (QED) is 0.110. The Balaban J connectivity index is 0.000000714. The van der Waals surface area contributed by atoms with Crippen molar-refractivity contribution in [3.63, 3.8) is 0 Å². The molecule has 0 aliphatic carbocycles. The number of methoxy groups -OCH3 is 1. The molecule has 3 aliphatic heterocycles. The van der Waals surface area contributed by atoms with E-state index in [-0.39, 0.29) is 26.4 Å². The Morgan fingerprint density at radius 1 is 0.600 bits per heavy atom. The second-order valence-corrected chi connectivity index (χ2v) is 11.0. The maximum Gasteiger partial charge on any atom is 0.407 e. The fourth-order valence-electron chi connectivity index (χ4n) is 4.80. The van der Waals surface area contributed by atoms with Gasteiger partial charge in [0.25, 0.3) is 0 Å². The summed E-state index contributed by atoms with van der Waals surface area (Å²) in [5.74, 6) is -0.374. The van der Waals surface area contributed by atoms with Crippen LogP contribution in [0.1, 0.15) is 34.6 Å². The smallest absolute Gasteiger partial charge is 0.407 e. The Hall–Kier alpha value is -2.55. The van der Waals surface area contributed by atoms with E-state index in [2.05, 4.69) is 25.4 Å². The van der Waals surface area contributed by atoms with E-state index in [0.717, 1.165) is 7.11 Å². The molecular weight excluding hydrogens is 682 g/mol. The van der Waals surface area contributed by atoms with Crippen molar-refractivity contribution in [2.45, 2.75) is 126 Å².